The van der Waals surface area contributed by atoms with Gasteiger partial charge in [0, 0.05) is 10.7 Å². The first-order valence-corrected chi connectivity index (χ1v) is 5.88. The second-order valence-electron chi connectivity index (χ2n) is 3.76. The molecule has 0 atom stereocenters. The Bertz CT molecular complexity index is 563. The van der Waals surface area contributed by atoms with Crippen LogP contribution >= 0.6 is 15.9 Å². The van der Waals surface area contributed by atoms with Gasteiger partial charge in [0.15, 0.2) is 0 Å². The molecular weight excluding hydrogens is 284 g/mol. The van der Waals surface area contributed by atoms with E-state index in [1.54, 1.807) is 16.9 Å². The van der Waals surface area contributed by atoms with Crippen LogP contribution in [0, 0.1) is 6.92 Å². The summed E-state index contributed by atoms with van der Waals surface area (Å²) in [5.41, 5.74) is 2.58. The predicted octanol–water partition coefficient (Wildman–Crippen LogP) is 2.57. The van der Waals surface area contributed by atoms with Crippen molar-refractivity contribution in [2.75, 3.05) is 0 Å². The van der Waals surface area contributed by atoms with E-state index in [1.165, 1.54) is 0 Å². The summed E-state index contributed by atoms with van der Waals surface area (Å²) in [7, 11) is 0. The molecular formula is C12H11BrN2O2. The molecule has 17 heavy (non-hydrogen) atoms. The molecule has 2 rings (SSSR count). The van der Waals surface area contributed by atoms with E-state index < -0.39 is 5.97 Å². The number of aryl methyl sites for hydroxylation is 1. The van der Waals surface area contributed by atoms with Crippen LogP contribution in [-0.4, -0.2) is 20.9 Å². The number of nitrogens with zero attached hydrogens (tertiary/aromatic N) is 2. The summed E-state index contributed by atoms with van der Waals surface area (Å²) in [5.74, 6) is -0.873. The third kappa shape index (κ3) is 2.74. The van der Waals surface area contributed by atoms with Gasteiger partial charge in [-0.3, -0.25) is 4.79 Å². The van der Waals surface area contributed by atoms with Crippen LogP contribution in [0.4, 0.5) is 0 Å². The summed E-state index contributed by atoms with van der Waals surface area (Å²) >= 11 is 3.43. The quantitative estimate of drug-likeness (QED) is 0.947. The Morgan fingerprint density at radius 3 is 2.88 bits per heavy atom. The highest BCUT2D eigenvalue weighted by Gasteiger charge is 2.06. The highest BCUT2D eigenvalue weighted by molar-refractivity contribution is 9.10. The molecule has 0 saturated carbocycles. The minimum atomic E-state index is -0.873. The van der Waals surface area contributed by atoms with E-state index in [2.05, 4.69) is 21.0 Å². The number of hydrogen-bond donors (Lipinski definition) is 1. The van der Waals surface area contributed by atoms with Gasteiger partial charge in [-0.05, 0) is 36.8 Å². The van der Waals surface area contributed by atoms with Crippen molar-refractivity contribution in [1.82, 2.24) is 9.78 Å². The lowest BCUT2D eigenvalue weighted by Crippen LogP contribution is -2.02. The van der Waals surface area contributed by atoms with Gasteiger partial charge in [-0.15, -0.1) is 0 Å². The molecule has 1 heterocycles. The van der Waals surface area contributed by atoms with Crippen molar-refractivity contribution < 1.29 is 9.90 Å². The second-order valence-corrected chi connectivity index (χ2v) is 4.61. The molecule has 0 bridgehead atoms. The van der Waals surface area contributed by atoms with Gasteiger partial charge in [-0.1, -0.05) is 15.9 Å². The van der Waals surface area contributed by atoms with Crippen LogP contribution in [-0.2, 0) is 11.2 Å². The minimum Gasteiger partial charge on any atom is -0.481 e. The molecule has 1 aromatic carbocycles. The van der Waals surface area contributed by atoms with Crippen molar-refractivity contribution in [2.24, 2.45) is 0 Å². The summed E-state index contributed by atoms with van der Waals surface area (Å²) in [6, 6.07) is 7.57. The van der Waals surface area contributed by atoms with Gasteiger partial charge in [0.25, 0.3) is 0 Å². The predicted molar refractivity (Wildman–Crippen MR) is 67.3 cm³/mol. The normalized spacial score (nSPS) is 10.5. The molecule has 0 saturated heterocycles. The maximum atomic E-state index is 10.6. The fraction of sp³-hybridized carbons (Fsp3) is 0.167. The van der Waals surface area contributed by atoms with Gasteiger partial charge < -0.3 is 5.11 Å². The number of aliphatic carboxylic acids is 1. The summed E-state index contributed by atoms with van der Waals surface area (Å²) in [4.78, 5) is 10.6. The van der Waals surface area contributed by atoms with E-state index in [0.29, 0.717) is 5.69 Å². The zero-order chi connectivity index (χ0) is 12.4. The summed E-state index contributed by atoms with van der Waals surface area (Å²) in [5, 5.41) is 12.9. The fourth-order valence-corrected chi connectivity index (χ4v) is 1.77. The minimum absolute atomic E-state index is 0.0531. The van der Waals surface area contributed by atoms with Crippen molar-refractivity contribution >= 4 is 21.9 Å². The first-order chi connectivity index (χ1) is 8.06. The third-order valence-electron chi connectivity index (χ3n) is 2.38. The highest BCUT2D eigenvalue weighted by atomic mass is 79.9. The number of carbonyl (C=O) groups is 1. The lowest BCUT2D eigenvalue weighted by molar-refractivity contribution is -0.136. The van der Waals surface area contributed by atoms with E-state index in [0.717, 1.165) is 15.7 Å². The van der Waals surface area contributed by atoms with Gasteiger partial charge >= 0.3 is 5.97 Å². The maximum Gasteiger partial charge on any atom is 0.309 e. The molecule has 0 aliphatic rings. The number of halogens is 1. The molecule has 88 valence electrons. The van der Waals surface area contributed by atoms with Crippen molar-refractivity contribution in [3.63, 3.8) is 0 Å². The topological polar surface area (TPSA) is 55.1 Å². The van der Waals surface area contributed by atoms with E-state index in [9.17, 15) is 4.79 Å². The monoisotopic (exact) mass is 294 g/mol. The third-order valence-corrected chi connectivity index (χ3v) is 3.27. The number of rotatable bonds is 3. The second kappa shape index (κ2) is 4.71. The van der Waals surface area contributed by atoms with Crippen molar-refractivity contribution in [2.45, 2.75) is 13.3 Å². The molecule has 2 aromatic rings. The Labute approximate surface area is 107 Å². The first kappa shape index (κ1) is 11.9. The Hall–Kier alpha value is -1.62. The Morgan fingerprint density at radius 1 is 1.47 bits per heavy atom. The smallest absolute Gasteiger partial charge is 0.309 e. The van der Waals surface area contributed by atoms with Crippen molar-refractivity contribution in [3.8, 4) is 5.69 Å². The molecule has 0 aliphatic heterocycles. The number of carboxylic acid groups (broad SMARTS) is 1. The van der Waals surface area contributed by atoms with E-state index in [4.69, 9.17) is 5.11 Å². The first-order valence-electron chi connectivity index (χ1n) is 5.09. The molecule has 5 heteroatoms. The van der Waals surface area contributed by atoms with Crippen LogP contribution in [0.15, 0.2) is 34.9 Å². The van der Waals surface area contributed by atoms with E-state index >= 15 is 0 Å². The van der Waals surface area contributed by atoms with Crippen LogP contribution in [0.5, 0.6) is 0 Å². The number of hydrogen-bond acceptors (Lipinski definition) is 2. The lowest BCUT2D eigenvalue weighted by atomic mass is 10.2. The molecule has 0 aliphatic carbocycles. The van der Waals surface area contributed by atoms with E-state index in [1.807, 2.05) is 25.1 Å². The molecule has 4 nitrogen and oxygen atoms in total. The summed E-state index contributed by atoms with van der Waals surface area (Å²) < 4.78 is 2.72. The summed E-state index contributed by atoms with van der Waals surface area (Å²) in [6.07, 6.45) is 1.71. The van der Waals surface area contributed by atoms with Crippen LogP contribution in [0.25, 0.3) is 5.69 Å². The molecule has 0 radical (unpaired) electrons. The van der Waals surface area contributed by atoms with Gasteiger partial charge in [0.2, 0.25) is 0 Å². The van der Waals surface area contributed by atoms with Gasteiger partial charge in [0.1, 0.15) is 0 Å². The molecule has 0 unspecified atom stereocenters. The van der Waals surface area contributed by atoms with Crippen LogP contribution in [0.3, 0.4) is 0 Å². The molecule has 0 fully saturated rings. The van der Waals surface area contributed by atoms with Crippen molar-refractivity contribution in [3.05, 3.63) is 46.2 Å². The summed E-state index contributed by atoms with van der Waals surface area (Å²) in [6.45, 7) is 2.00. The Balaban J connectivity index is 2.30. The highest BCUT2D eigenvalue weighted by Crippen LogP contribution is 2.19. The van der Waals surface area contributed by atoms with Gasteiger partial charge in [0.05, 0.1) is 17.8 Å². The average Bonchev–Trinajstić information content (AvgIpc) is 2.69. The van der Waals surface area contributed by atoms with E-state index in [-0.39, 0.29) is 6.42 Å². The number of benzene rings is 1. The standard InChI is InChI=1S/C12H11BrN2O2/c1-8-6-10(2-3-11(8)13)15-5-4-9(14-15)7-12(16)17/h2-6H,7H2,1H3,(H,16,17). The zero-order valence-corrected chi connectivity index (χ0v) is 10.8. The number of carboxylic acids is 1. The van der Waals surface area contributed by atoms with Crippen LogP contribution in [0.1, 0.15) is 11.3 Å². The Kier molecular flexibility index (Phi) is 3.28. The molecule has 0 amide bonds. The zero-order valence-electron chi connectivity index (χ0n) is 9.22. The fourth-order valence-electron chi connectivity index (χ4n) is 1.53. The molecule has 1 N–H and O–H groups in total. The molecule has 1 aromatic heterocycles. The average molecular weight is 295 g/mol. The maximum absolute atomic E-state index is 10.6. The van der Waals surface area contributed by atoms with Crippen LogP contribution in [0.2, 0.25) is 0 Å². The van der Waals surface area contributed by atoms with Crippen LogP contribution < -0.4 is 0 Å². The number of aromatic nitrogens is 2. The Morgan fingerprint density at radius 2 is 2.24 bits per heavy atom. The lowest BCUT2D eigenvalue weighted by Gasteiger charge is -2.04. The SMILES string of the molecule is Cc1cc(-n2ccc(CC(=O)O)n2)ccc1Br. The largest absolute Gasteiger partial charge is 0.481 e. The molecule has 0 spiro atoms. The van der Waals surface area contributed by atoms with Crippen molar-refractivity contribution in [1.29, 1.82) is 0 Å². The van der Waals surface area contributed by atoms with Gasteiger partial charge in [-0.25, -0.2) is 4.68 Å². The van der Waals surface area contributed by atoms with Gasteiger partial charge in [-0.2, -0.15) is 5.10 Å².